The van der Waals surface area contributed by atoms with E-state index in [1.165, 1.54) is 0 Å². The van der Waals surface area contributed by atoms with Crippen LogP contribution in [-0.2, 0) is 6.54 Å². The van der Waals surface area contributed by atoms with E-state index in [0.717, 1.165) is 42.1 Å². The first-order chi connectivity index (χ1) is 9.56. The molecule has 0 radical (unpaired) electrons. The molecule has 0 aliphatic heterocycles. The number of aromatic nitrogens is 2. The predicted octanol–water partition coefficient (Wildman–Crippen LogP) is 4.30. The average molecular weight is 312 g/mol. The largest absolute Gasteiger partial charge is 0.313 e. The van der Waals surface area contributed by atoms with Gasteiger partial charge in [-0.05, 0) is 38.4 Å². The third-order valence-electron chi connectivity index (χ3n) is 3.23. The zero-order valence-electron chi connectivity index (χ0n) is 12.0. The second kappa shape index (κ2) is 6.61. The number of hydrogen-bond donors (Lipinski definition) is 1. The summed E-state index contributed by atoms with van der Waals surface area (Å²) >= 11 is 12.6. The van der Waals surface area contributed by atoms with E-state index in [1.807, 2.05) is 30.7 Å². The van der Waals surface area contributed by atoms with Gasteiger partial charge in [0.1, 0.15) is 0 Å². The van der Waals surface area contributed by atoms with Crippen molar-refractivity contribution in [1.82, 2.24) is 15.1 Å². The monoisotopic (exact) mass is 311 g/mol. The highest BCUT2D eigenvalue weighted by atomic mass is 35.5. The molecule has 0 unspecified atom stereocenters. The van der Waals surface area contributed by atoms with Crippen molar-refractivity contribution in [3.05, 3.63) is 45.2 Å². The van der Waals surface area contributed by atoms with Crippen LogP contribution in [0.4, 0.5) is 0 Å². The van der Waals surface area contributed by atoms with Crippen LogP contribution in [0.3, 0.4) is 0 Å². The predicted molar refractivity (Wildman–Crippen MR) is 85.1 cm³/mol. The van der Waals surface area contributed by atoms with Crippen molar-refractivity contribution in [3.63, 3.8) is 0 Å². The van der Waals surface area contributed by atoms with Crippen molar-refractivity contribution in [2.24, 2.45) is 0 Å². The SMILES string of the molecule is CCCNCc1cccc(Cl)c1-n1nc(C)c(Cl)c1C. The van der Waals surface area contributed by atoms with Gasteiger partial charge in [0.15, 0.2) is 0 Å². The molecular weight excluding hydrogens is 293 g/mol. The molecule has 1 aromatic carbocycles. The van der Waals surface area contributed by atoms with Crippen LogP contribution in [0, 0.1) is 13.8 Å². The number of rotatable bonds is 5. The number of nitrogens with one attached hydrogen (secondary N) is 1. The summed E-state index contributed by atoms with van der Waals surface area (Å²) < 4.78 is 1.84. The van der Waals surface area contributed by atoms with Gasteiger partial charge in [-0.1, -0.05) is 42.3 Å². The first kappa shape index (κ1) is 15.4. The molecule has 1 heterocycles. The molecule has 3 nitrogen and oxygen atoms in total. The number of para-hydroxylation sites is 1. The fraction of sp³-hybridized carbons (Fsp3) is 0.400. The Morgan fingerprint density at radius 1 is 1.25 bits per heavy atom. The molecule has 0 aliphatic carbocycles. The highest BCUT2D eigenvalue weighted by Gasteiger charge is 2.16. The minimum absolute atomic E-state index is 0.683. The summed E-state index contributed by atoms with van der Waals surface area (Å²) in [7, 11) is 0. The summed E-state index contributed by atoms with van der Waals surface area (Å²) in [4.78, 5) is 0. The Bertz CT molecular complexity index is 605. The van der Waals surface area contributed by atoms with Crippen molar-refractivity contribution in [1.29, 1.82) is 0 Å². The minimum Gasteiger partial charge on any atom is -0.313 e. The Morgan fingerprint density at radius 2 is 2.00 bits per heavy atom. The fourth-order valence-corrected chi connectivity index (χ4v) is 2.57. The fourth-order valence-electron chi connectivity index (χ4n) is 2.18. The Labute approximate surface area is 129 Å². The maximum absolute atomic E-state index is 6.38. The third-order valence-corrected chi connectivity index (χ3v) is 4.08. The van der Waals surface area contributed by atoms with E-state index in [9.17, 15) is 0 Å². The Morgan fingerprint density at radius 3 is 2.60 bits per heavy atom. The van der Waals surface area contributed by atoms with Crippen LogP contribution in [0.2, 0.25) is 10.0 Å². The van der Waals surface area contributed by atoms with Crippen molar-refractivity contribution in [3.8, 4) is 5.69 Å². The highest BCUT2D eigenvalue weighted by Crippen LogP contribution is 2.29. The smallest absolute Gasteiger partial charge is 0.0880 e. The lowest BCUT2D eigenvalue weighted by Crippen LogP contribution is -2.16. The minimum atomic E-state index is 0.683. The summed E-state index contributed by atoms with van der Waals surface area (Å²) in [5.41, 5.74) is 3.75. The lowest BCUT2D eigenvalue weighted by molar-refractivity contribution is 0.669. The van der Waals surface area contributed by atoms with Gasteiger partial charge in [0.2, 0.25) is 0 Å². The second-order valence-electron chi connectivity index (χ2n) is 4.82. The number of benzene rings is 1. The van der Waals surface area contributed by atoms with Gasteiger partial charge in [-0.25, -0.2) is 4.68 Å². The molecule has 2 rings (SSSR count). The average Bonchev–Trinajstić information content (AvgIpc) is 2.67. The number of nitrogens with zero attached hydrogens (tertiary/aromatic N) is 2. The molecule has 0 bridgehead atoms. The Kier molecular flexibility index (Phi) is 5.08. The summed E-state index contributed by atoms with van der Waals surface area (Å²) in [5.74, 6) is 0. The first-order valence-corrected chi connectivity index (χ1v) is 7.52. The van der Waals surface area contributed by atoms with E-state index in [4.69, 9.17) is 23.2 Å². The lowest BCUT2D eigenvalue weighted by Gasteiger charge is -2.13. The molecule has 0 saturated heterocycles. The summed E-state index contributed by atoms with van der Waals surface area (Å²) in [6.07, 6.45) is 1.10. The van der Waals surface area contributed by atoms with Gasteiger partial charge < -0.3 is 5.32 Å². The van der Waals surface area contributed by atoms with Gasteiger partial charge in [0, 0.05) is 6.54 Å². The summed E-state index contributed by atoms with van der Waals surface area (Å²) in [6.45, 7) is 7.74. The maximum atomic E-state index is 6.38. The van der Waals surface area contributed by atoms with Crippen LogP contribution < -0.4 is 5.32 Å². The normalized spacial score (nSPS) is 11.1. The van der Waals surface area contributed by atoms with Gasteiger partial charge in [0.05, 0.1) is 27.1 Å². The molecule has 0 amide bonds. The van der Waals surface area contributed by atoms with E-state index < -0.39 is 0 Å². The maximum Gasteiger partial charge on any atom is 0.0880 e. The summed E-state index contributed by atoms with van der Waals surface area (Å²) in [6, 6.07) is 5.90. The zero-order chi connectivity index (χ0) is 14.7. The van der Waals surface area contributed by atoms with Gasteiger partial charge >= 0.3 is 0 Å². The lowest BCUT2D eigenvalue weighted by atomic mass is 10.1. The molecule has 1 aromatic heterocycles. The number of aryl methyl sites for hydroxylation is 1. The molecule has 2 aromatic rings. The van der Waals surface area contributed by atoms with Crippen LogP contribution in [0.5, 0.6) is 0 Å². The molecule has 20 heavy (non-hydrogen) atoms. The van der Waals surface area contributed by atoms with Crippen molar-refractivity contribution in [2.75, 3.05) is 6.54 Å². The first-order valence-electron chi connectivity index (χ1n) is 6.76. The van der Waals surface area contributed by atoms with Crippen molar-refractivity contribution < 1.29 is 0 Å². The zero-order valence-corrected chi connectivity index (χ0v) is 13.5. The molecule has 5 heteroatoms. The summed E-state index contributed by atoms with van der Waals surface area (Å²) in [5, 5.41) is 9.27. The van der Waals surface area contributed by atoms with E-state index in [1.54, 1.807) is 0 Å². The van der Waals surface area contributed by atoms with E-state index in [-0.39, 0.29) is 0 Å². The highest BCUT2D eigenvalue weighted by molar-refractivity contribution is 6.33. The Hall–Kier alpha value is -1.03. The molecule has 0 saturated carbocycles. The van der Waals surface area contributed by atoms with Gasteiger partial charge in [-0.15, -0.1) is 0 Å². The van der Waals surface area contributed by atoms with E-state index in [0.29, 0.717) is 10.0 Å². The standard InChI is InChI=1S/C15H19Cl2N3/c1-4-8-18-9-12-6-5-7-13(16)15(12)20-11(3)14(17)10(2)19-20/h5-7,18H,4,8-9H2,1-3H3. The van der Waals surface area contributed by atoms with Crippen LogP contribution >= 0.6 is 23.2 Å². The number of halogens is 2. The molecule has 108 valence electrons. The van der Waals surface area contributed by atoms with Gasteiger partial charge in [-0.2, -0.15) is 5.10 Å². The quantitative estimate of drug-likeness (QED) is 0.834. The second-order valence-corrected chi connectivity index (χ2v) is 5.61. The van der Waals surface area contributed by atoms with Crippen LogP contribution in [-0.4, -0.2) is 16.3 Å². The molecule has 0 atom stereocenters. The van der Waals surface area contributed by atoms with Crippen LogP contribution in [0.25, 0.3) is 5.69 Å². The topological polar surface area (TPSA) is 29.9 Å². The van der Waals surface area contributed by atoms with Gasteiger partial charge in [0.25, 0.3) is 0 Å². The Balaban J connectivity index is 2.46. The molecule has 0 fully saturated rings. The molecule has 1 N–H and O–H groups in total. The molecular formula is C15H19Cl2N3. The molecule has 0 aliphatic rings. The van der Waals surface area contributed by atoms with Crippen molar-refractivity contribution >= 4 is 23.2 Å². The van der Waals surface area contributed by atoms with Crippen molar-refractivity contribution in [2.45, 2.75) is 33.7 Å². The van der Waals surface area contributed by atoms with Crippen LogP contribution in [0.15, 0.2) is 18.2 Å². The van der Waals surface area contributed by atoms with E-state index in [2.05, 4.69) is 23.4 Å². The molecule has 0 spiro atoms. The van der Waals surface area contributed by atoms with E-state index >= 15 is 0 Å². The van der Waals surface area contributed by atoms with Gasteiger partial charge in [-0.3, -0.25) is 0 Å². The number of hydrogen-bond acceptors (Lipinski definition) is 2. The van der Waals surface area contributed by atoms with Crippen LogP contribution in [0.1, 0.15) is 30.3 Å². The third kappa shape index (κ3) is 3.00.